The Balaban J connectivity index is 3.50. The molecule has 0 heterocycles. The van der Waals surface area contributed by atoms with Gasteiger partial charge in [-0.3, -0.25) is 4.79 Å². The van der Waals surface area contributed by atoms with E-state index in [2.05, 4.69) is 5.32 Å². The van der Waals surface area contributed by atoms with E-state index in [1.54, 1.807) is 28.6 Å². The number of carboxylic acid groups (broad SMARTS) is 1. The van der Waals surface area contributed by atoms with Crippen molar-refractivity contribution >= 4 is 27.6 Å². The lowest BCUT2D eigenvalue weighted by molar-refractivity contribution is -0.138. The Morgan fingerprint density at radius 1 is 1.80 bits per heavy atom. The Morgan fingerprint density at radius 3 is 2.70 bits per heavy atom. The molecule has 60 valence electrons. The van der Waals surface area contributed by atoms with Crippen molar-refractivity contribution < 1.29 is 9.90 Å². The molecule has 0 fully saturated rings. The first-order valence-corrected chi connectivity index (χ1v) is 5.50. The quantitative estimate of drug-likeness (QED) is 0.611. The van der Waals surface area contributed by atoms with Crippen molar-refractivity contribution in [2.45, 2.75) is 6.04 Å². The van der Waals surface area contributed by atoms with Gasteiger partial charge in [0.05, 0.1) is 0 Å². The van der Waals surface area contributed by atoms with Gasteiger partial charge in [0.1, 0.15) is 6.04 Å². The molecule has 0 aromatic rings. The molecule has 5 heteroatoms. The maximum atomic E-state index is 10.4. The second kappa shape index (κ2) is 5.88. The molecule has 0 rings (SSSR count). The summed E-state index contributed by atoms with van der Waals surface area (Å²) in [5.74, 6) is -0.184. The van der Waals surface area contributed by atoms with Crippen LogP contribution in [0.4, 0.5) is 0 Å². The fourth-order valence-electron chi connectivity index (χ4n) is 0.414. The minimum absolute atomic E-state index is 0.419. The van der Waals surface area contributed by atoms with Gasteiger partial charge in [-0.15, -0.1) is 0 Å². The summed E-state index contributed by atoms with van der Waals surface area (Å²) in [6.45, 7) is 0. The van der Waals surface area contributed by atoms with Gasteiger partial charge in [-0.2, -0.15) is 0 Å². The van der Waals surface area contributed by atoms with Crippen LogP contribution in [0.3, 0.4) is 0 Å². The van der Waals surface area contributed by atoms with Crippen molar-refractivity contribution in [2.24, 2.45) is 0 Å². The molecule has 0 aromatic heterocycles. The molecule has 0 saturated carbocycles. The van der Waals surface area contributed by atoms with Crippen molar-refractivity contribution in [1.82, 2.24) is 5.32 Å². The van der Waals surface area contributed by atoms with Gasteiger partial charge >= 0.3 is 5.97 Å². The lowest BCUT2D eigenvalue weighted by Gasteiger charge is -2.07. The molecule has 10 heavy (non-hydrogen) atoms. The number of nitrogens with one attached hydrogen (secondary N) is 1. The minimum atomic E-state index is -0.788. The molecule has 0 aliphatic carbocycles. The van der Waals surface area contributed by atoms with Crippen molar-refractivity contribution in [3.8, 4) is 0 Å². The molecule has 3 nitrogen and oxygen atoms in total. The number of aliphatic carboxylic acids is 1. The summed E-state index contributed by atoms with van der Waals surface area (Å²) in [6.07, 6.45) is 1.93. The first-order chi connectivity index (χ1) is 4.72. The summed E-state index contributed by atoms with van der Waals surface area (Å²) in [4.78, 5) is 10.4. The lowest BCUT2D eigenvalue weighted by atomic mass is 10.3. The second-order valence-electron chi connectivity index (χ2n) is 1.63. The maximum absolute atomic E-state index is 10.4. The number of hydrogen-bond acceptors (Lipinski definition) is 4. The zero-order valence-corrected chi connectivity index (χ0v) is 7.59. The van der Waals surface area contributed by atoms with Crippen LogP contribution in [-0.4, -0.2) is 36.2 Å². The first-order valence-electron chi connectivity index (χ1n) is 2.78. The Labute approximate surface area is 68.4 Å². The number of likely N-dealkylation sites (N-methyl/N-ethyl adjacent to an activating group) is 1. The molecule has 0 radical (unpaired) electrons. The van der Waals surface area contributed by atoms with Crippen LogP contribution in [0.2, 0.25) is 0 Å². The highest BCUT2D eigenvalue weighted by molar-refractivity contribution is 8.76. The maximum Gasteiger partial charge on any atom is 0.321 e. The van der Waals surface area contributed by atoms with E-state index in [0.29, 0.717) is 5.75 Å². The third-order valence-electron chi connectivity index (χ3n) is 0.999. The average Bonchev–Trinajstić information content (AvgIpc) is 1.89. The van der Waals surface area contributed by atoms with Crippen LogP contribution in [0.1, 0.15) is 0 Å². The van der Waals surface area contributed by atoms with Crippen molar-refractivity contribution in [3.63, 3.8) is 0 Å². The summed E-state index contributed by atoms with van der Waals surface area (Å²) in [7, 11) is 4.77. The Kier molecular flexibility index (Phi) is 5.96. The van der Waals surface area contributed by atoms with Gasteiger partial charge in [-0.05, 0) is 13.3 Å². The van der Waals surface area contributed by atoms with Gasteiger partial charge in [-0.1, -0.05) is 21.6 Å². The smallest absolute Gasteiger partial charge is 0.321 e. The van der Waals surface area contributed by atoms with Gasteiger partial charge in [0.15, 0.2) is 0 Å². The molecule has 0 aromatic carbocycles. The minimum Gasteiger partial charge on any atom is -0.480 e. The van der Waals surface area contributed by atoms with Crippen LogP contribution in [0.5, 0.6) is 0 Å². The zero-order chi connectivity index (χ0) is 7.98. The molecule has 0 saturated heterocycles. The predicted molar refractivity (Wildman–Crippen MR) is 46.5 cm³/mol. The SMILES string of the molecule is CN[C@@H](CSSC)C(=O)O. The fourth-order valence-corrected chi connectivity index (χ4v) is 1.81. The van der Waals surface area contributed by atoms with E-state index in [1.165, 1.54) is 0 Å². The molecular formula is C5H11NO2S2. The summed E-state index contributed by atoms with van der Waals surface area (Å²) < 4.78 is 0. The summed E-state index contributed by atoms with van der Waals surface area (Å²) in [5, 5.41) is 11.2. The van der Waals surface area contributed by atoms with E-state index >= 15 is 0 Å². The van der Waals surface area contributed by atoms with E-state index in [1.807, 2.05) is 6.26 Å². The highest BCUT2D eigenvalue weighted by Crippen LogP contribution is 2.17. The molecule has 2 N–H and O–H groups in total. The van der Waals surface area contributed by atoms with E-state index in [4.69, 9.17) is 5.11 Å². The van der Waals surface area contributed by atoms with Crippen molar-refractivity contribution in [3.05, 3.63) is 0 Å². The van der Waals surface area contributed by atoms with E-state index in [-0.39, 0.29) is 0 Å². The molecule has 0 bridgehead atoms. The van der Waals surface area contributed by atoms with Crippen LogP contribution in [0, 0.1) is 0 Å². The predicted octanol–water partition coefficient (Wildman–Crippen LogP) is 0.670. The normalized spacial score (nSPS) is 13.0. The third kappa shape index (κ3) is 4.03. The Hall–Kier alpha value is 0.130. The van der Waals surface area contributed by atoms with Crippen molar-refractivity contribution in [1.29, 1.82) is 0 Å². The second-order valence-corrected chi connectivity index (χ2v) is 4.24. The topological polar surface area (TPSA) is 49.3 Å². The Morgan fingerprint density at radius 2 is 2.40 bits per heavy atom. The molecule has 0 amide bonds. The number of hydrogen-bond donors (Lipinski definition) is 2. The average molecular weight is 181 g/mol. The number of carbonyl (C=O) groups is 1. The molecule has 1 atom stereocenters. The van der Waals surface area contributed by atoms with Gasteiger partial charge in [0, 0.05) is 5.75 Å². The lowest BCUT2D eigenvalue weighted by Crippen LogP contribution is -2.35. The van der Waals surface area contributed by atoms with Crippen molar-refractivity contribution in [2.75, 3.05) is 19.1 Å². The molecule has 0 aliphatic rings. The molecule has 0 aliphatic heterocycles. The first kappa shape index (κ1) is 10.1. The largest absolute Gasteiger partial charge is 0.480 e. The number of carboxylic acids is 1. The monoisotopic (exact) mass is 181 g/mol. The van der Waals surface area contributed by atoms with Gasteiger partial charge in [-0.25, -0.2) is 0 Å². The van der Waals surface area contributed by atoms with Crippen LogP contribution >= 0.6 is 21.6 Å². The summed E-state index contributed by atoms with van der Waals surface area (Å²) >= 11 is 0. The fraction of sp³-hybridized carbons (Fsp3) is 0.800. The van der Waals surface area contributed by atoms with Gasteiger partial charge in [0.2, 0.25) is 0 Å². The zero-order valence-electron chi connectivity index (χ0n) is 5.96. The standard InChI is InChI=1S/C5H11NO2S2/c1-6-4(5(7)8)3-10-9-2/h4,6H,3H2,1-2H3,(H,7,8)/t4-/m0/s1. The third-order valence-corrected chi connectivity index (χ3v) is 2.82. The van der Waals surface area contributed by atoms with E-state index in [0.717, 1.165) is 0 Å². The summed E-state index contributed by atoms with van der Waals surface area (Å²) in [6, 6.07) is -0.419. The number of rotatable bonds is 5. The van der Waals surface area contributed by atoms with Crippen LogP contribution in [-0.2, 0) is 4.79 Å². The van der Waals surface area contributed by atoms with Crippen LogP contribution in [0.25, 0.3) is 0 Å². The van der Waals surface area contributed by atoms with Gasteiger partial charge in [0.25, 0.3) is 0 Å². The van der Waals surface area contributed by atoms with Crippen LogP contribution in [0.15, 0.2) is 0 Å². The highest BCUT2D eigenvalue weighted by Gasteiger charge is 2.13. The summed E-state index contributed by atoms with van der Waals surface area (Å²) in [5.41, 5.74) is 0. The molecule has 0 spiro atoms. The molecule has 0 unspecified atom stereocenters. The van der Waals surface area contributed by atoms with Crippen LogP contribution < -0.4 is 5.32 Å². The van der Waals surface area contributed by atoms with Gasteiger partial charge < -0.3 is 10.4 Å². The highest BCUT2D eigenvalue weighted by atomic mass is 33.1. The Bertz CT molecular complexity index is 110. The van der Waals surface area contributed by atoms with E-state index < -0.39 is 12.0 Å². The molecular weight excluding hydrogens is 170 g/mol. The van der Waals surface area contributed by atoms with E-state index in [9.17, 15) is 4.79 Å².